The molecule has 1 aromatic carbocycles. The summed E-state index contributed by atoms with van der Waals surface area (Å²) in [6.07, 6.45) is 2.99. The molecule has 0 spiro atoms. The van der Waals surface area contributed by atoms with Gasteiger partial charge in [-0.3, -0.25) is 4.79 Å². The molecule has 0 bridgehead atoms. The molecule has 16 heavy (non-hydrogen) atoms. The van der Waals surface area contributed by atoms with Crippen LogP contribution in [-0.4, -0.2) is 23.6 Å². The summed E-state index contributed by atoms with van der Waals surface area (Å²) in [5.41, 5.74) is -0.285. The monoisotopic (exact) mass is 218 g/mol. The third kappa shape index (κ3) is 1.74. The Labute approximate surface area is 94.4 Å². The second-order valence-electron chi connectivity index (χ2n) is 4.17. The zero-order chi connectivity index (χ0) is 11.8. The van der Waals surface area contributed by atoms with Crippen LogP contribution < -0.4 is 4.74 Å². The molecule has 2 atom stereocenters. The predicted octanol–water partition coefficient (Wildman–Crippen LogP) is 1.67. The van der Waals surface area contributed by atoms with Gasteiger partial charge in [0.05, 0.1) is 18.6 Å². The molecule has 0 heterocycles. The van der Waals surface area contributed by atoms with Crippen LogP contribution in [-0.2, 0) is 4.79 Å². The van der Waals surface area contributed by atoms with E-state index < -0.39 is 11.5 Å². The molecular formula is C13H14O3. The van der Waals surface area contributed by atoms with E-state index in [1.54, 1.807) is 32.2 Å². The maximum atomic E-state index is 11.7. The molecule has 0 aliphatic heterocycles. The molecule has 0 fully saturated rings. The summed E-state index contributed by atoms with van der Waals surface area (Å²) in [6, 6.07) is 7.19. The van der Waals surface area contributed by atoms with Gasteiger partial charge in [-0.15, -0.1) is 0 Å². The molecule has 0 saturated heterocycles. The maximum absolute atomic E-state index is 11.7. The third-order valence-corrected chi connectivity index (χ3v) is 2.90. The quantitative estimate of drug-likeness (QED) is 0.821. The van der Waals surface area contributed by atoms with Crippen molar-refractivity contribution in [2.75, 3.05) is 7.11 Å². The van der Waals surface area contributed by atoms with E-state index in [1.165, 1.54) is 6.08 Å². The normalized spacial score (nSPS) is 28.4. The number of methoxy groups -OCH3 is 1. The molecule has 0 radical (unpaired) electrons. The van der Waals surface area contributed by atoms with Crippen LogP contribution in [0.15, 0.2) is 36.4 Å². The van der Waals surface area contributed by atoms with Crippen molar-refractivity contribution in [2.45, 2.75) is 18.4 Å². The number of ether oxygens (including phenoxy) is 1. The van der Waals surface area contributed by atoms with Crippen LogP contribution in [0.25, 0.3) is 0 Å². The second kappa shape index (κ2) is 3.76. The van der Waals surface area contributed by atoms with Gasteiger partial charge in [0.2, 0.25) is 0 Å². The summed E-state index contributed by atoms with van der Waals surface area (Å²) in [4.78, 5) is 11.7. The van der Waals surface area contributed by atoms with Crippen LogP contribution in [0.2, 0.25) is 0 Å². The molecule has 1 aromatic rings. The Morgan fingerprint density at radius 1 is 1.31 bits per heavy atom. The fourth-order valence-corrected chi connectivity index (χ4v) is 2.03. The van der Waals surface area contributed by atoms with Crippen molar-refractivity contribution in [3.05, 3.63) is 42.0 Å². The van der Waals surface area contributed by atoms with E-state index in [1.807, 2.05) is 12.1 Å². The lowest BCUT2D eigenvalue weighted by Gasteiger charge is -2.23. The zero-order valence-electron chi connectivity index (χ0n) is 9.31. The number of rotatable bonds is 2. The smallest absolute Gasteiger partial charge is 0.166 e. The number of carbonyl (C=O) groups is 1. The summed E-state index contributed by atoms with van der Waals surface area (Å²) < 4.78 is 5.05. The van der Waals surface area contributed by atoms with Crippen molar-refractivity contribution in [3.63, 3.8) is 0 Å². The summed E-state index contributed by atoms with van der Waals surface area (Å²) in [5.74, 6) is 0.176. The van der Waals surface area contributed by atoms with Crippen LogP contribution >= 0.6 is 0 Å². The molecule has 3 heteroatoms. The highest BCUT2D eigenvalue weighted by atomic mass is 16.5. The first-order chi connectivity index (χ1) is 7.54. The van der Waals surface area contributed by atoms with Crippen LogP contribution in [0.4, 0.5) is 0 Å². The number of hydrogen-bond acceptors (Lipinski definition) is 3. The van der Waals surface area contributed by atoms with Crippen LogP contribution in [0.3, 0.4) is 0 Å². The molecule has 1 aliphatic carbocycles. The van der Waals surface area contributed by atoms with Crippen molar-refractivity contribution in [1.29, 1.82) is 0 Å². The molecule has 3 nitrogen and oxygen atoms in total. The maximum Gasteiger partial charge on any atom is 0.166 e. The van der Waals surface area contributed by atoms with Gasteiger partial charge in [-0.25, -0.2) is 0 Å². The van der Waals surface area contributed by atoms with E-state index in [0.717, 1.165) is 11.3 Å². The minimum Gasteiger partial charge on any atom is -0.497 e. The Bertz CT molecular complexity index is 429. The number of ketones is 1. The van der Waals surface area contributed by atoms with Crippen molar-refractivity contribution in [3.8, 4) is 5.75 Å². The van der Waals surface area contributed by atoms with Crippen LogP contribution in [0.5, 0.6) is 5.75 Å². The topological polar surface area (TPSA) is 46.5 Å². The SMILES string of the molecule is COc1ccc(C2C(=O)C=CC2(C)O)cc1. The average Bonchev–Trinajstić information content (AvgIpc) is 2.53. The van der Waals surface area contributed by atoms with Gasteiger partial charge in [0.15, 0.2) is 5.78 Å². The fraction of sp³-hybridized carbons (Fsp3) is 0.308. The first kappa shape index (κ1) is 10.9. The number of aliphatic hydroxyl groups is 1. The minimum atomic E-state index is -1.09. The summed E-state index contributed by atoms with van der Waals surface area (Å²) in [5, 5.41) is 10.1. The summed E-state index contributed by atoms with van der Waals surface area (Å²) in [6.45, 7) is 1.64. The van der Waals surface area contributed by atoms with E-state index in [0.29, 0.717) is 0 Å². The number of hydrogen-bond donors (Lipinski definition) is 1. The Kier molecular flexibility index (Phi) is 2.56. The molecule has 0 aromatic heterocycles. The van der Waals surface area contributed by atoms with E-state index in [4.69, 9.17) is 4.74 Å². The highest BCUT2D eigenvalue weighted by Gasteiger charge is 2.39. The van der Waals surface area contributed by atoms with Gasteiger partial charge < -0.3 is 9.84 Å². The highest BCUT2D eigenvalue weighted by Crippen LogP contribution is 2.35. The molecular weight excluding hydrogens is 204 g/mol. The minimum absolute atomic E-state index is 0.0600. The number of carbonyl (C=O) groups excluding carboxylic acids is 1. The van der Waals surface area contributed by atoms with Gasteiger partial charge in [-0.05, 0) is 36.8 Å². The molecule has 2 rings (SSSR count). The lowest BCUT2D eigenvalue weighted by Crippen LogP contribution is -2.30. The molecule has 1 N–H and O–H groups in total. The van der Waals surface area contributed by atoms with Gasteiger partial charge in [0, 0.05) is 0 Å². The first-order valence-corrected chi connectivity index (χ1v) is 5.14. The lowest BCUT2D eigenvalue weighted by atomic mass is 9.85. The van der Waals surface area contributed by atoms with Crippen LogP contribution in [0, 0.1) is 0 Å². The standard InChI is InChI=1S/C13H14O3/c1-13(15)8-7-11(14)12(13)9-3-5-10(16-2)6-4-9/h3-8,12,15H,1-2H3. The van der Waals surface area contributed by atoms with E-state index in [-0.39, 0.29) is 5.78 Å². The largest absolute Gasteiger partial charge is 0.497 e. The van der Waals surface area contributed by atoms with E-state index in [2.05, 4.69) is 0 Å². The zero-order valence-corrected chi connectivity index (χ0v) is 9.31. The molecule has 1 aliphatic rings. The lowest BCUT2D eigenvalue weighted by molar-refractivity contribution is -0.118. The van der Waals surface area contributed by atoms with Gasteiger partial charge in [0.1, 0.15) is 5.75 Å². The van der Waals surface area contributed by atoms with Gasteiger partial charge >= 0.3 is 0 Å². The van der Waals surface area contributed by atoms with Crippen molar-refractivity contribution < 1.29 is 14.6 Å². The summed E-state index contributed by atoms with van der Waals surface area (Å²) in [7, 11) is 1.59. The fourth-order valence-electron chi connectivity index (χ4n) is 2.03. The van der Waals surface area contributed by atoms with Crippen molar-refractivity contribution >= 4 is 5.78 Å². The highest BCUT2D eigenvalue weighted by molar-refractivity contribution is 5.99. The Morgan fingerprint density at radius 3 is 2.38 bits per heavy atom. The number of benzene rings is 1. The molecule has 0 saturated carbocycles. The molecule has 0 amide bonds. The van der Waals surface area contributed by atoms with E-state index in [9.17, 15) is 9.90 Å². The molecule has 2 unspecified atom stereocenters. The summed E-state index contributed by atoms with van der Waals surface area (Å²) >= 11 is 0. The average molecular weight is 218 g/mol. The third-order valence-electron chi connectivity index (χ3n) is 2.90. The van der Waals surface area contributed by atoms with Crippen LogP contribution in [0.1, 0.15) is 18.4 Å². The van der Waals surface area contributed by atoms with Crippen molar-refractivity contribution in [1.82, 2.24) is 0 Å². The van der Waals surface area contributed by atoms with Crippen molar-refractivity contribution in [2.24, 2.45) is 0 Å². The Balaban J connectivity index is 2.33. The second-order valence-corrected chi connectivity index (χ2v) is 4.17. The molecule has 84 valence electrons. The Morgan fingerprint density at radius 2 is 1.94 bits per heavy atom. The van der Waals surface area contributed by atoms with Gasteiger partial charge in [0.25, 0.3) is 0 Å². The predicted molar refractivity (Wildman–Crippen MR) is 60.5 cm³/mol. The Hall–Kier alpha value is -1.61. The van der Waals surface area contributed by atoms with Gasteiger partial charge in [-0.1, -0.05) is 12.1 Å². The van der Waals surface area contributed by atoms with E-state index >= 15 is 0 Å². The van der Waals surface area contributed by atoms with Gasteiger partial charge in [-0.2, -0.15) is 0 Å². The number of allylic oxidation sites excluding steroid dienone is 1. The first-order valence-electron chi connectivity index (χ1n) is 5.14.